The number of esters is 1. The summed E-state index contributed by atoms with van der Waals surface area (Å²) in [5.41, 5.74) is 2.65. The highest BCUT2D eigenvalue weighted by atomic mass is 16.5. The molecular formula is C16H19NO3. The van der Waals surface area contributed by atoms with Gasteiger partial charge in [0.2, 0.25) is 11.7 Å². The van der Waals surface area contributed by atoms with E-state index in [1.54, 1.807) is 13.8 Å². The zero-order valence-corrected chi connectivity index (χ0v) is 12.3. The predicted molar refractivity (Wildman–Crippen MR) is 76.7 cm³/mol. The smallest absolute Gasteiger partial charge is 0.376 e. The van der Waals surface area contributed by atoms with Crippen LogP contribution >= 0.6 is 0 Å². The molecule has 0 spiro atoms. The van der Waals surface area contributed by atoms with E-state index >= 15 is 0 Å². The second-order valence-corrected chi connectivity index (χ2v) is 4.93. The summed E-state index contributed by atoms with van der Waals surface area (Å²) in [5.74, 6) is 0.628. The third-order valence-electron chi connectivity index (χ3n) is 3.08. The summed E-state index contributed by atoms with van der Waals surface area (Å²) in [4.78, 5) is 16.0. The van der Waals surface area contributed by atoms with Gasteiger partial charge in [-0.1, -0.05) is 26.0 Å². The average molecular weight is 273 g/mol. The van der Waals surface area contributed by atoms with Gasteiger partial charge in [-0.3, -0.25) is 0 Å². The monoisotopic (exact) mass is 273 g/mol. The minimum atomic E-state index is -0.470. The van der Waals surface area contributed by atoms with Crippen LogP contribution < -0.4 is 0 Å². The Morgan fingerprint density at radius 1 is 1.30 bits per heavy atom. The number of ether oxygens (including phenoxy) is 1. The fourth-order valence-corrected chi connectivity index (χ4v) is 1.92. The zero-order valence-electron chi connectivity index (χ0n) is 12.3. The molecule has 2 rings (SSSR count). The maximum Gasteiger partial charge on any atom is 0.376 e. The van der Waals surface area contributed by atoms with E-state index in [9.17, 15) is 4.79 Å². The van der Waals surface area contributed by atoms with Crippen molar-refractivity contribution in [3.8, 4) is 11.5 Å². The summed E-state index contributed by atoms with van der Waals surface area (Å²) >= 11 is 0. The van der Waals surface area contributed by atoms with Crippen LogP contribution in [0.5, 0.6) is 0 Å². The van der Waals surface area contributed by atoms with Crippen molar-refractivity contribution in [1.82, 2.24) is 4.98 Å². The summed E-state index contributed by atoms with van der Waals surface area (Å²) in [7, 11) is 0. The highest BCUT2D eigenvalue weighted by molar-refractivity contribution is 5.87. The number of hydrogen-bond acceptors (Lipinski definition) is 4. The lowest BCUT2D eigenvalue weighted by molar-refractivity contribution is 0.0490. The van der Waals surface area contributed by atoms with E-state index in [4.69, 9.17) is 9.15 Å². The van der Waals surface area contributed by atoms with Crippen LogP contribution in [0.3, 0.4) is 0 Å². The number of aryl methyl sites for hydroxylation is 1. The first-order valence-electron chi connectivity index (χ1n) is 6.77. The molecule has 0 amide bonds. The van der Waals surface area contributed by atoms with Gasteiger partial charge in [0.05, 0.1) is 12.3 Å². The number of oxazole rings is 1. The number of hydrogen-bond donors (Lipinski definition) is 0. The van der Waals surface area contributed by atoms with Crippen molar-refractivity contribution in [3.05, 3.63) is 41.3 Å². The van der Waals surface area contributed by atoms with E-state index in [1.807, 2.05) is 24.3 Å². The molecule has 0 radical (unpaired) electrons. The molecule has 0 atom stereocenters. The van der Waals surface area contributed by atoms with Crippen molar-refractivity contribution in [3.63, 3.8) is 0 Å². The molecule has 0 saturated heterocycles. The summed E-state index contributed by atoms with van der Waals surface area (Å²) in [6.45, 7) is 8.10. The van der Waals surface area contributed by atoms with Gasteiger partial charge < -0.3 is 9.15 Å². The van der Waals surface area contributed by atoms with Crippen molar-refractivity contribution < 1.29 is 13.9 Å². The molecule has 0 aliphatic carbocycles. The molecule has 0 aliphatic rings. The Bertz CT molecular complexity index is 597. The Kier molecular flexibility index (Phi) is 4.23. The molecule has 4 nitrogen and oxygen atoms in total. The molecule has 0 N–H and O–H groups in total. The maximum atomic E-state index is 11.7. The molecule has 2 aromatic rings. The molecule has 106 valence electrons. The van der Waals surface area contributed by atoms with Crippen molar-refractivity contribution in [1.29, 1.82) is 0 Å². The second kappa shape index (κ2) is 5.90. The Balaban J connectivity index is 2.29. The first kappa shape index (κ1) is 14.3. The van der Waals surface area contributed by atoms with Gasteiger partial charge in [-0.2, -0.15) is 0 Å². The van der Waals surface area contributed by atoms with Crippen LogP contribution in [0, 0.1) is 6.92 Å². The SMILES string of the molecule is CCOC(=O)c1oc(-c2ccc(C(C)C)cc2)nc1C. The number of nitrogens with zero attached hydrogens (tertiary/aromatic N) is 1. The van der Waals surface area contributed by atoms with Crippen LogP contribution in [-0.4, -0.2) is 17.6 Å². The molecule has 1 aromatic heterocycles. The lowest BCUT2D eigenvalue weighted by atomic mass is 10.0. The van der Waals surface area contributed by atoms with Gasteiger partial charge in [0.25, 0.3) is 0 Å². The van der Waals surface area contributed by atoms with Gasteiger partial charge in [-0.05, 0) is 37.5 Å². The van der Waals surface area contributed by atoms with Gasteiger partial charge in [-0.15, -0.1) is 0 Å². The summed E-state index contributed by atoms with van der Waals surface area (Å²) in [5, 5.41) is 0. The van der Waals surface area contributed by atoms with Crippen LogP contribution in [0.4, 0.5) is 0 Å². The predicted octanol–water partition coefficient (Wildman–Crippen LogP) is 3.95. The molecule has 1 aromatic carbocycles. The Morgan fingerprint density at radius 2 is 1.95 bits per heavy atom. The standard InChI is InChI=1S/C16H19NO3/c1-5-19-16(18)14-11(4)17-15(20-14)13-8-6-12(7-9-13)10(2)3/h6-10H,5H2,1-4H3. The largest absolute Gasteiger partial charge is 0.460 e. The molecule has 0 saturated carbocycles. The molecule has 1 heterocycles. The van der Waals surface area contributed by atoms with E-state index in [-0.39, 0.29) is 5.76 Å². The quantitative estimate of drug-likeness (QED) is 0.791. The van der Waals surface area contributed by atoms with E-state index < -0.39 is 5.97 Å². The molecule has 20 heavy (non-hydrogen) atoms. The van der Waals surface area contributed by atoms with Crippen molar-refractivity contribution in [2.45, 2.75) is 33.6 Å². The topological polar surface area (TPSA) is 52.3 Å². The molecular weight excluding hydrogens is 254 g/mol. The van der Waals surface area contributed by atoms with Gasteiger partial charge in [0, 0.05) is 5.56 Å². The van der Waals surface area contributed by atoms with E-state index in [2.05, 4.69) is 18.8 Å². The molecule has 0 fully saturated rings. The second-order valence-electron chi connectivity index (χ2n) is 4.93. The minimum Gasteiger partial charge on any atom is -0.460 e. The summed E-state index contributed by atoms with van der Waals surface area (Å²) in [6.07, 6.45) is 0. The van der Waals surface area contributed by atoms with Gasteiger partial charge in [0.15, 0.2) is 0 Å². The highest BCUT2D eigenvalue weighted by Gasteiger charge is 2.19. The fourth-order valence-electron chi connectivity index (χ4n) is 1.92. The van der Waals surface area contributed by atoms with E-state index in [1.165, 1.54) is 5.56 Å². The number of benzene rings is 1. The van der Waals surface area contributed by atoms with Crippen molar-refractivity contribution in [2.75, 3.05) is 6.61 Å². The minimum absolute atomic E-state index is 0.176. The first-order chi connectivity index (χ1) is 9.52. The molecule has 0 bridgehead atoms. The number of rotatable bonds is 4. The van der Waals surface area contributed by atoms with Crippen molar-refractivity contribution >= 4 is 5.97 Å². The van der Waals surface area contributed by atoms with Gasteiger partial charge >= 0.3 is 5.97 Å². The fraction of sp³-hybridized carbons (Fsp3) is 0.375. The molecule has 4 heteroatoms. The maximum absolute atomic E-state index is 11.7. The van der Waals surface area contributed by atoms with Crippen molar-refractivity contribution in [2.24, 2.45) is 0 Å². The normalized spacial score (nSPS) is 10.8. The Labute approximate surface area is 118 Å². The average Bonchev–Trinajstić information content (AvgIpc) is 2.81. The van der Waals surface area contributed by atoms with E-state index in [0.29, 0.717) is 24.1 Å². The Hall–Kier alpha value is -2.10. The first-order valence-corrected chi connectivity index (χ1v) is 6.77. The van der Waals surface area contributed by atoms with Gasteiger partial charge in [0.1, 0.15) is 0 Å². The lowest BCUT2D eigenvalue weighted by Crippen LogP contribution is -2.04. The molecule has 0 unspecified atom stereocenters. The zero-order chi connectivity index (χ0) is 14.7. The number of carbonyl (C=O) groups excluding carboxylic acids is 1. The molecule has 0 aliphatic heterocycles. The van der Waals surface area contributed by atoms with Crippen LogP contribution in [0.1, 0.15) is 48.5 Å². The third kappa shape index (κ3) is 2.90. The van der Waals surface area contributed by atoms with E-state index in [0.717, 1.165) is 5.56 Å². The third-order valence-corrected chi connectivity index (χ3v) is 3.08. The summed E-state index contributed by atoms with van der Waals surface area (Å²) in [6, 6.07) is 8.00. The highest BCUT2D eigenvalue weighted by Crippen LogP contribution is 2.24. The van der Waals surface area contributed by atoms with Crippen LogP contribution in [0.15, 0.2) is 28.7 Å². The number of carbonyl (C=O) groups is 1. The lowest BCUT2D eigenvalue weighted by Gasteiger charge is -2.04. The van der Waals surface area contributed by atoms with Crippen LogP contribution in [0.2, 0.25) is 0 Å². The number of aromatic nitrogens is 1. The Morgan fingerprint density at radius 3 is 2.50 bits per heavy atom. The van der Waals surface area contributed by atoms with Crippen LogP contribution in [0.25, 0.3) is 11.5 Å². The van der Waals surface area contributed by atoms with Gasteiger partial charge in [-0.25, -0.2) is 9.78 Å². The summed E-state index contributed by atoms with van der Waals surface area (Å²) < 4.78 is 10.5. The van der Waals surface area contributed by atoms with Crippen LogP contribution in [-0.2, 0) is 4.74 Å².